The summed E-state index contributed by atoms with van der Waals surface area (Å²) in [5.74, 6) is -1.41. The predicted octanol–water partition coefficient (Wildman–Crippen LogP) is -1.30. The number of carboxylic acid groups (broad SMARTS) is 1. The van der Waals surface area contributed by atoms with Crippen molar-refractivity contribution >= 4 is 29.5 Å². The van der Waals surface area contributed by atoms with Gasteiger partial charge >= 0.3 is 5.97 Å². The third-order valence-corrected chi connectivity index (χ3v) is 5.80. The molecule has 1 fully saturated rings. The van der Waals surface area contributed by atoms with Crippen molar-refractivity contribution in [2.75, 3.05) is 5.75 Å². The molecule has 3 rings (SSSR count). The molecule has 0 unspecified atom stereocenters. The summed E-state index contributed by atoms with van der Waals surface area (Å²) in [6.45, 7) is 1.70. The topological polar surface area (TPSA) is 176 Å². The number of allylic oxidation sites excluding steroid dienone is 3. The highest BCUT2D eigenvalue weighted by molar-refractivity contribution is 8.00. The Morgan fingerprint density at radius 3 is 2.65 bits per heavy atom. The zero-order valence-corrected chi connectivity index (χ0v) is 15.0. The third kappa shape index (κ3) is 3.68. The van der Waals surface area contributed by atoms with Crippen LogP contribution in [0.1, 0.15) is 19.8 Å². The fourth-order valence-corrected chi connectivity index (χ4v) is 4.35. The number of β-lactam (4-membered cyclic amide) rings is 1. The molecule has 2 heterocycles. The zero-order chi connectivity index (χ0) is 17.4. The monoisotopic (exact) mass is 385 g/mol. The van der Waals surface area contributed by atoms with Crippen molar-refractivity contribution < 1.29 is 30.4 Å². The van der Waals surface area contributed by atoms with Crippen molar-refractivity contribution in [3.8, 4) is 0 Å². The molecule has 0 spiro atoms. The molecule has 9 nitrogen and oxygen atoms in total. The molecule has 3 atom stereocenters. The minimum absolute atomic E-state index is 0. The van der Waals surface area contributed by atoms with Gasteiger partial charge < -0.3 is 27.1 Å². The Morgan fingerprint density at radius 1 is 1.38 bits per heavy atom. The maximum atomic E-state index is 12.3. The zero-order valence-electron chi connectivity index (χ0n) is 14.2. The van der Waals surface area contributed by atoms with Gasteiger partial charge in [-0.1, -0.05) is 18.2 Å². The van der Waals surface area contributed by atoms with E-state index in [4.69, 9.17) is 5.73 Å². The quantitative estimate of drug-likeness (QED) is 0.400. The highest BCUT2D eigenvalue weighted by atomic mass is 32.2. The molecule has 144 valence electrons. The van der Waals surface area contributed by atoms with E-state index in [0.29, 0.717) is 17.7 Å². The minimum Gasteiger partial charge on any atom is -0.477 e. The molecule has 2 amide bonds. The molecule has 10 heteroatoms. The standard InChI is InChI=1S/C16H19N3O4S.2H2O/c1-8-7-24-15-11(14(21)19(15)12(8)16(22)23)18-13(20)10(17)9-5-3-2-4-6-9;;/h2-3,6,10-11,15H,4-5,7,17H2,1H3,(H,18,20)(H,22,23);2*1H2/t10-,11-,15-;;/m1../s1. The molecule has 8 N–H and O–H groups in total. The van der Waals surface area contributed by atoms with Gasteiger partial charge in [-0.15, -0.1) is 11.8 Å². The maximum absolute atomic E-state index is 12.3. The lowest BCUT2D eigenvalue weighted by atomic mass is 9.97. The number of amides is 2. The molecule has 2 aliphatic heterocycles. The second kappa shape index (κ2) is 8.49. The van der Waals surface area contributed by atoms with Crippen LogP contribution in [0.2, 0.25) is 0 Å². The van der Waals surface area contributed by atoms with Gasteiger partial charge in [0.15, 0.2) is 0 Å². The van der Waals surface area contributed by atoms with Crippen LogP contribution in [0.25, 0.3) is 0 Å². The van der Waals surface area contributed by atoms with Gasteiger partial charge in [-0.05, 0) is 30.9 Å². The van der Waals surface area contributed by atoms with E-state index in [1.54, 1.807) is 6.92 Å². The second-order valence-electron chi connectivity index (χ2n) is 6.00. The van der Waals surface area contributed by atoms with Crippen LogP contribution in [-0.4, -0.2) is 62.0 Å². The molecule has 0 aromatic carbocycles. The molecule has 0 bridgehead atoms. The highest BCUT2D eigenvalue weighted by Gasteiger charge is 2.53. The SMILES string of the molecule is CC1=C(C(=O)O)N2C(=O)[C@@H](NC(=O)[C@H](N)C3=CCC=CC3)[C@H]2SC1.O.O. The lowest BCUT2D eigenvalue weighted by Gasteiger charge is -2.49. The predicted molar refractivity (Wildman–Crippen MR) is 97.0 cm³/mol. The number of nitrogens with one attached hydrogen (secondary N) is 1. The lowest BCUT2D eigenvalue weighted by molar-refractivity contribution is -0.150. The molecule has 0 radical (unpaired) electrons. The van der Waals surface area contributed by atoms with E-state index in [9.17, 15) is 19.5 Å². The van der Waals surface area contributed by atoms with Crippen molar-refractivity contribution in [2.24, 2.45) is 5.73 Å². The third-order valence-electron chi connectivity index (χ3n) is 4.38. The van der Waals surface area contributed by atoms with E-state index in [1.165, 1.54) is 16.7 Å². The minimum atomic E-state index is -1.12. The Morgan fingerprint density at radius 2 is 2.08 bits per heavy atom. The van der Waals surface area contributed by atoms with Crippen molar-refractivity contribution in [1.82, 2.24) is 10.2 Å². The van der Waals surface area contributed by atoms with E-state index < -0.39 is 29.9 Å². The van der Waals surface area contributed by atoms with Gasteiger partial charge in [-0.25, -0.2) is 4.79 Å². The molecule has 1 aliphatic carbocycles. The van der Waals surface area contributed by atoms with Crippen LogP contribution in [0, 0.1) is 0 Å². The first-order chi connectivity index (χ1) is 11.4. The molecular formula is C16H23N3O6S. The van der Waals surface area contributed by atoms with Gasteiger partial charge in [-0.2, -0.15) is 0 Å². The summed E-state index contributed by atoms with van der Waals surface area (Å²) in [5, 5.41) is 11.6. The normalized spacial score (nSPS) is 25.1. The van der Waals surface area contributed by atoms with Crippen LogP contribution in [0.3, 0.4) is 0 Å². The number of aliphatic carboxylic acids is 1. The van der Waals surface area contributed by atoms with Gasteiger partial charge in [0, 0.05) is 5.75 Å². The highest BCUT2D eigenvalue weighted by Crippen LogP contribution is 2.40. The van der Waals surface area contributed by atoms with Gasteiger partial charge in [-0.3, -0.25) is 14.5 Å². The molecule has 0 aromatic heterocycles. The van der Waals surface area contributed by atoms with Crippen LogP contribution < -0.4 is 11.1 Å². The first-order valence-corrected chi connectivity index (χ1v) is 8.74. The van der Waals surface area contributed by atoms with E-state index in [2.05, 4.69) is 5.32 Å². The number of carboxylic acids is 1. The first-order valence-electron chi connectivity index (χ1n) is 7.69. The van der Waals surface area contributed by atoms with E-state index in [0.717, 1.165) is 12.0 Å². The summed E-state index contributed by atoms with van der Waals surface area (Å²) < 4.78 is 0. The maximum Gasteiger partial charge on any atom is 0.352 e. The summed E-state index contributed by atoms with van der Waals surface area (Å²) in [6, 6.07) is -1.52. The number of fused-ring (bicyclic) bond motifs is 1. The fourth-order valence-electron chi connectivity index (χ4n) is 3.06. The molecule has 26 heavy (non-hydrogen) atoms. The van der Waals surface area contributed by atoms with Crippen molar-refractivity contribution in [1.29, 1.82) is 0 Å². The van der Waals surface area contributed by atoms with Gasteiger partial charge in [0.25, 0.3) is 5.91 Å². The Bertz CT molecular complexity index is 702. The summed E-state index contributed by atoms with van der Waals surface area (Å²) >= 11 is 1.45. The summed E-state index contributed by atoms with van der Waals surface area (Å²) in [7, 11) is 0. The van der Waals surface area contributed by atoms with E-state index in [1.807, 2.05) is 18.2 Å². The van der Waals surface area contributed by atoms with Crippen molar-refractivity contribution in [3.63, 3.8) is 0 Å². The number of nitrogens with two attached hydrogens (primary N) is 1. The number of rotatable bonds is 4. The number of hydrogen-bond donors (Lipinski definition) is 3. The van der Waals surface area contributed by atoms with E-state index in [-0.39, 0.29) is 22.0 Å². The fraction of sp³-hybridized carbons (Fsp3) is 0.438. The first kappa shape index (κ1) is 21.9. The van der Waals surface area contributed by atoms with Crippen molar-refractivity contribution in [2.45, 2.75) is 37.2 Å². The molecule has 3 aliphatic rings. The number of carbonyl (C=O) groups excluding carboxylic acids is 2. The summed E-state index contributed by atoms with van der Waals surface area (Å²) in [5.41, 5.74) is 7.49. The lowest BCUT2D eigenvalue weighted by Crippen LogP contribution is -2.71. The van der Waals surface area contributed by atoms with E-state index >= 15 is 0 Å². The number of carbonyl (C=O) groups is 3. The van der Waals surface area contributed by atoms with Crippen LogP contribution in [0.4, 0.5) is 0 Å². The molecule has 1 saturated heterocycles. The van der Waals surface area contributed by atoms with Crippen LogP contribution in [0.15, 0.2) is 35.1 Å². The summed E-state index contributed by atoms with van der Waals surface area (Å²) in [4.78, 5) is 37.3. The Kier molecular flexibility index (Phi) is 7.16. The largest absolute Gasteiger partial charge is 0.477 e. The molecule has 0 aromatic rings. The number of thioether (sulfide) groups is 1. The van der Waals surface area contributed by atoms with Crippen molar-refractivity contribution in [3.05, 3.63) is 35.1 Å². The number of hydrogen-bond acceptors (Lipinski definition) is 5. The van der Waals surface area contributed by atoms with Gasteiger partial charge in [0.2, 0.25) is 5.91 Å². The van der Waals surface area contributed by atoms with Crippen LogP contribution in [0.5, 0.6) is 0 Å². The van der Waals surface area contributed by atoms with Gasteiger partial charge in [0.05, 0.1) is 0 Å². The van der Waals surface area contributed by atoms with Crippen LogP contribution in [-0.2, 0) is 14.4 Å². The number of nitrogens with zero attached hydrogens (tertiary/aromatic N) is 1. The second-order valence-corrected chi connectivity index (χ2v) is 7.10. The smallest absolute Gasteiger partial charge is 0.352 e. The Hall–Kier alpha value is -2.14. The molecular weight excluding hydrogens is 362 g/mol. The van der Waals surface area contributed by atoms with Crippen LogP contribution >= 0.6 is 11.8 Å². The Balaban J connectivity index is 0.00000169. The average molecular weight is 385 g/mol. The molecule has 0 saturated carbocycles. The average Bonchev–Trinajstić information content (AvgIpc) is 2.59. The summed E-state index contributed by atoms with van der Waals surface area (Å²) in [6.07, 6.45) is 7.26. The Labute approximate surface area is 154 Å². The van der Waals surface area contributed by atoms with Gasteiger partial charge in [0.1, 0.15) is 23.2 Å².